The lowest BCUT2D eigenvalue weighted by Crippen LogP contribution is -2.33. The van der Waals surface area contributed by atoms with Gasteiger partial charge in [0.1, 0.15) is 0 Å². The van der Waals surface area contributed by atoms with Crippen LogP contribution in [0, 0.1) is 6.92 Å². The van der Waals surface area contributed by atoms with E-state index in [2.05, 4.69) is 27.3 Å². The molecule has 0 aromatic carbocycles. The fourth-order valence-corrected chi connectivity index (χ4v) is 2.25. The molecule has 1 unspecified atom stereocenters. The molecule has 17 heavy (non-hydrogen) atoms. The van der Waals surface area contributed by atoms with E-state index in [1.807, 2.05) is 6.92 Å². The van der Waals surface area contributed by atoms with Gasteiger partial charge in [0, 0.05) is 25.6 Å². The summed E-state index contributed by atoms with van der Waals surface area (Å²) in [5, 5.41) is 7.37. The minimum atomic E-state index is 0.666. The second-order valence-corrected chi connectivity index (χ2v) is 4.73. The molecule has 1 aromatic rings. The van der Waals surface area contributed by atoms with E-state index in [1.54, 1.807) is 0 Å². The third-order valence-corrected chi connectivity index (χ3v) is 3.17. The number of hydrogen-bond donors (Lipinski definition) is 1. The average Bonchev–Trinajstić information content (AvgIpc) is 2.93. The summed E-state index contributed by atoms with van der Waals surface area (Å²) in [7, 11) is 0. The van der Waals surface area contributed by atoms with E-state index in [4.69, 9.17) is 4.52 Å². The Morgan fingerprint density at radius 3 is 3.12 bits per heavy atom. The second-order valence-electron chi connectivity index (χ2n) is 4.73. The molecule has 0 amide bonds. The summed E-state index contributed by atoms with van der Waals surface area (Å²) in [6.45, 7) is 8.53. The summed E-state index contributed by atoms with van der Waals surface area (Å²) in [5.41, 5.74) is 0. The molecule has 0 saturated carbocycles. The highest BCUT2D eigenvalue weighted by Gasteiger charge is 2.21. The van der Waals surface area contributed by atoms with E-state index >= 15 is 0 Å². The van der Waals surface area contributed by atoms with Crippen molar-refractivity contribution in [2.24, 2.45) is 0 Å². The number of aromatic nitrogens is 2. The second kappa shape index (κ2) is 6.12. The minimum absolute atomic E-state index is 0.666. The number of nitrogens with zero attached hydrogens (tertiary/aromatic N) is 3. The maximum absolute atomic E-state index is 5.11. The van der Waals surface area contributed by atoms with Gasteiger partial charge < -0.3 is 14.7 Å². The fourth-order valence-electron chi connectivity index (χ4n) is 2.25. The summed E-state index contributed by atoms with van der Waals surface area (Å²) in [4.78, 5) is 6.69. The fraction of sp³-hybridized carbons (Fsp3) is 0.833. The SMILES string of the molecule is CCCNC1CCN(CCc2nc(C)no2)C1. The lowest BCUT2D eigenvalue weighted by atomic mass is 10.2. The largest absolute Gasteiger partial charge is 0.339 e. The Morgan fingerprint density at radius 1 is 1.53 bits per heavy atom. The van der Waals surface area contributed by atoms with Crippen LogP contribution in [0.3, 0.4) is 0 Å². The molecule has 0 radical (unpaired) electrons. The van der Waals surface area contributed by atoms with Gasteiger partial charge in [-0.15, -0.1) is 0 Å². The highest BCUT2D eigenvalue weighted by molar-refractivity contribution is 4.86. The summed E-state index contributed by atoms with van der Waals surface area (Å²) in [5.74, 6) is 1.48. The van der Waals surface area contributed by atoms with Gasteiger partial charge in [-0.1, -0.05) is 12.1 Å². The molecule has 1 saturated heterocycles. The Bertz CT molecular complexity index is 339. The monoisotopic (exact) mass is 238 g/mol. The van der Waals surface area contributed by atoms with Crippen LogP contribution in [0.5, 0.6) is 0 Å². The van der Waals surface area contributed by atoms with Crippen molar-refractivity contribution in [1.29, 1.82) is 0 Å². The number of aryl methyl sites for hydroxylation is 1. The smallest absolute Gasteiger partial charge is 0.227 e. The van der Waals surface area contributed by atoms with Crippen LogP contribution in [0.2, 0.25) is 0 Å². The van der Waals surface area contributed by atoms with Gasteiger partial charge in [0.25, 0.3) is 0 Å². The normalized spacial score (nSPS) is 21.2. The van der Waals surface area contributed by atoms with Gasteiger partial charge in [-0.2, -0.15) is 4.98 Å². The Balaban J connectivity index is 1.67. The van der Waals surface area contributed by atoms with E-state index in [-0.39, 0.29) is 0 Å². The third-order valence-electron chi connectivity index (χ3n) is 3.17. The molecule has 0 spiro atoms. The Hall–Kier alpha value is -0.940. The third kappa shape index (κ3) is 3.78. The molecule has 1 aliphatic heterocycles. The molecule has 1 atom stereocenters. The van der Waals surface area contributed by atoms with Gasteiger partial charge in [0.15, 0.2) is 5.82 Å². The number of hydrogen-bond acceptors (Lipinski definition) is 5. The lowest BCUT2D eigenvalue weighted by Gasteiger charge is -2.15. The van der Waals surface area contributed by atoms with Crippen molar-refractivity contribution in [2.75, 3.05) is 26.2 Å². The van der Waals surface area contributed by atoms with Crippen molar-refractivity contribution in [3.8, 4) is 0 Å². The first-order chi connectivity index (χ1) is 8.28. The van der Waals surface area contributed by atoms with Crippen molar-refractivity contribution in [3.05, 3.63) is 11.7 Å². The first-order valence-electron chi connectivity index (χ1n) is 6.53. The predicted octanol–water partition coefficient (Wildman–Crippen LogP) is 0.994. The molecule has 2 heterocycles. The van der Waals surface area contributed by atoms with Gasteiger partial charge in [-0.3, -0.25) is 0 Å². The van der Waals surface area contributed by atoms with E-state index in [0.717, 1.165) is 37.8 Å². The van der Waals surface area contributed by atoms with Crippen molar-refractivity contribution in [2.45, 2.75) is 39.2 Å². The molecule has 1 aromatic heterocycles. The molecule has 96 valence electrons. The van der Waals surface area contributed by atoms with Crippen LogP contribution < -0.4 is 5.32 Å². The van der Waals surface area contributed by atoms with Crippen LogP contribution in [-0.4, -0.2) is 47.3 Å². The van der Waals surface area contributed by atoms with E-state index in [1.165, 1.54) is 19.4 Å². The first kappa shape index (κ1) is 12.5. The summed E-state index contributed by atoms with van der Waals surface area (Å²) in [6.07, 6.45) is 3.32. The van der Waals surface area contributed by atoms with Gasteiger partial charge in [-0.25, -0.2) is 0 Å². The molecule has 5 nitrogen and oxygen atoms in total. The summed E-state index contributed by atoms with van der Waals surface area (Å²) in [6, 6.07) is 0.666. The van der Waals surface area contributed by atoms with Crippen LogP contribution in [0.4, 0.5) is 0 Å². The standard InChI is InChI=1S/C12H22N4O/c1-3-6-13-11-4-7-16(9-11)8-5-12-14-10(2)15-17-12/h11,13H,3-9H2,1-2H3. The molecule has 2 rings (SSSR count). The Labute approximate surface area is 103 Å². The molecular weight excluding hydrogens is 216 g/mol. The molecule has 0 aliphatic carbocycles. The number of likely N-dealkylation sites (tertiary alicyclic amines) is 1. The van der Waals surface area contributed by atoms with Gasteiger partial charge >= 0.3 is 0 Å². The Kier molecular flexibility index (Phi) is 4.50. The molecular formula is C12H22N4O. The first-order valence-corrected chi connectivity index (χ1v) is 6.53. The predicted molar refractivity (Wildman–Crippen MR) is 65.9 cm³/mol. The van der Waals surface area contributed by atoms with Crippen molar-refractivity contribution in [1.82, 2.24) is 20.4 Å². The quantitative estimate of drug-likeness (QED) is 0.801. The van der Waals surface area contributed by atoms with Gasteiger partial charge in [0.05, 0.1) is 0 Å². The van der Waals surface area contributed by atoms with E-state index < -0.39 is 0 Å². The van der Waals surface area contributed by atoms with Crippen molar-refractivity contribution < 1.29 is 4.52 Å². The van der Waals surface area contributed by atoms with Gasteiger partial charge in [0.2, 0.25) is 5.89 Å². The highest BCUT2D eigenvalue weighted by Crippen LogP contribution is 2.10. The summed E-state index contributed by atoms with van der Waals surface area (Å²) < 4.78 is 5.11. The zero-order chi connectivity index (χ0) is 12.1. The van der Waals surface area contributed by atoms with Crippen LogP contribution in [0.1, 0.15) is 31.5 Å². The zero-order valence-corrected chi connectivity index (χ0v) is 10.8. The van der Waals surface area contributed by atoms with Crippen molar-refractivity contribution in [3.63, 3.8) is 0 Å². The maximum atomic E-state index is 5.11. The lowest BCUT2D eigenvalue weighted by molar-refractivity contribution is 0.304. The molecule has 1 N–H and O–H groups in total. The van der Waals surface area contributed by atoms with Crippen LogP contribution in [0.15, 0.2) is 4.52 Å². The van der Waals surface area contributed by atoms with Gasteiger partial charge in [-0.05, 0) is 32.9 Å². The topological polar surface area (TPSA) is 54.2 Å². The minimum Gasteiger partial charge on any atom is -0.339 e. The number of nitrogens with one attached hydrogen (secondary N) is 1. The highest BCUT2D eigenvalue weighted by atomic mass is 16.5. The van der Waals surface area contributed by atoms with Crippen molar-refractivity contribution >= 4 is 0 Å². The summed E-state index contributed by atoms with van der Waals surface area (Å²) >= 11 is 0. The molecule has 5 heteroatoms. The molecule has 1 fully saturated rings. The van der Waals surface area contributed by atoms with Crippen LogP contribution in [-0.2, 0) is 6.42 Å². The van der Waals surface area contributed by atoms with E-state index in [0.29, 0.717) is 6.04 Å². The number of rotatable bonds is 6. The average molecular weight is 238 g/mol. The zero-order valence-electron chi connectivity index (χ0n) is 10.8. The van der Waals surface area contributed by atoms with E-state index in [9.17, 15) is 0 Å². The Morgan fingerprint density at radius 2 is 2.41 bits per heavy atom. The van der Waals surface area contributed by atoms with Crippen LogP contribution >= 0.6 is 0 Å². The molecule has 0 bridgehead atoms. The maximum Gasteiger partial charge on any atom is 0.227 e. The molecule has 1 aliphatic rings. The van der Waals surface area contributed by atoms with Crippen LogP contribution in [0.25, 0.3) is 0 Å².